The molecule has 2 aliphatic carbocycles. The van der Waals surface area contributed by atoms with Gasteiger partial charge in [0.05, 0.1) is 57.3 Å². The second kappa shape index (κ2) is 25.8. The first-order valence-electron chi connectivity index (χ1n) is 22.5. The molecule has 0 amide bonds. The number of hydrogen-bond donors (Lipinski definition) is 5. The first kappa shape index (κ1) is 52.8. The zero-order chi connectivity index (χ0) is 49.3. The van der Waals surface area contributed by atoms with Crippen molar-refractivity contribution < 1.29 is 48.2 Å². The van der Waals surface area contributed by atoms with Crippen molar-refractivity contribution in [1.82, 2.24) is 15.1 Å². The molecule has 2 aromatic heterocycles. The zero-order valence-electron chi connectivity index (χ0n) is 38.9. The van der Waals surface area contributed by atoms with Gasteiger partial charge in [-0.15, -0.1) is 0 Å². The normalized spacial score (nSPS) is 17.6. The number of nitrogens with zero attached hydrogens (tertiary/aromatic N) is 4. The van der Waals surface area contributed by atoms with Gasteiger partial charge in [-0.3, -0.25) is 9.59 Å². The summed E-state index contributed by atoms with van der Waals surface area (Å²) in [6.07, 6.45) is 6.95. The number of anilines is 2. The molecule has 364 valence electrons. The SMILES string of the molecule is CC(C)Oc1ccc(C(=O)O)cc1Br.CCOC(=O)[C@@H]1CC[C@H](Nc2ccc(-c3noc(-c4cnc(OC(C)C)c(Br)c4)n3)cc2)C1.CCOC(=O)[C@@H]1CC[C@H](Nc2ccc(/C(N)=N/O)cc2)C1. The summed E-state index contributed by atoms with van der Waals surface area (Å²) in [7, 11) is 0. The highest BCUT2D eigenvalue weighted by Crippen LogP contribution is 2.33. The fourth-order valence-corrected chi connectivity index (χ4v) is 8.36. The number of esters is 2. The number of aromatic nitrogens is 3. The Morgan fingerprint density at radius 2 is 1.31 bits per heavy atom. The quantitative estimate of drug-likeness (QED) is 0.0203. The molecule has 5 aromatic rings. The summed E-state index contributed by atoms with van der Waals surface area (Å²) in [5.74, 6) is 1.01. The molecule has 2 fully saturated rings. The van der Waals surface area contributed by atoms with Crippen molar-refractivity contribution in [2.24, 2.45) is 22.7 Å². The highest BCUT2D eigenvalue weighted by atomic mass is 79.9. The number of rotatable bonds is 16. The molecule has 0 spiro atoms. The monoisotopic (exact) mass is 1060 g/mol. The molecule has 0 unspecified atom stereocenters. The topological polar surface area (TPSA) is 243 Å². The van der Waals surface area contributed by atoms with Crippen molar-refractivity contribution in [2.75, 3.05) is 23.8 Å². The molecular formula is C49H59Br2N7O10. The number of halogens is 2. The van der Waals surface area contributed by atoms with Crippen LogP contribution in [0.5, 0.6) is 11.6 Å². The van der Waals surface area contributed by atoms with E-state index in [1.165, 1.54) is 12.1 Å². The number of carbonyl (C=O) groups is 3. The highest BCUT2D eigenvalue weighted by molar-refractivity contribution is 9.11. The Balaban J connectivity index is 0.000000211. The van der Waals surface area contributed by atoms with Crippen LogP contribution >= 0.6 is 31.9 Å². The van der Waals surface area contributed by atoms with Crippen molar-refractivity contribution in [3.05, 3.63) is 99.1 Å². The fraction of sp³-hybridized carbons (Fsp3) is 0.408. The van der Waals surface area contributed by atoms with Gasteiger partial charge in [0.2, 0.25) is 11.7 Å². The molecule has 19 heteroatoms. The predicted octanol–water partition coefficient (Wildman–Crippen LogP) is 10.4. The lowest BCUT2D eigenvalue weighted by atomic mass is 10.1. The number of benzene rings is 3. The van der Waals surface area contributed by atoms with Crippen molar-refractivity contribution >= 4 is 67.0 Å². The molecule has 0 saturated heterocycles. The number of nitrogens with two attached hydrogens (primary N) is 1. The third-order valence-electron chi connectivity index (χ3n) is 10.6. The zero-order valence-corrected chi connectivity index (χ0v) is 42.1. The van der Waals surface area contributed by atoms with E-state index in [1.807, 2.05) is 84.0 Å². The Morgan fingerprint density at radius 3 is 1.79 bits per heavy atom. The number of amidine groups is 1. The molecule has 2 saturated carbocycles. The van der Waals surface area contributed by atoms with Crippen LogP contribution in [0.4, 0.5) is 11.4 Å². The maximum Gasteiger partial charge on any atom is 0.335 e. The van der Waals surface area contributed by atoms with Gasteiger partial charge in [0, 0.05) is 40.8 Å². The van der Waals surface area contributed by atoms with Crippen molar-refractivity contribution in [1.29, 1.82) is 0 Å². The van der Waals surface area contributed by atoms with Gasteiger partial charge in [-0.2, -0.15) is 4.98 Å². The van der Waals surface area contributed by atoms with Crippen LogP contribution in [0.2, 0.25) is 0 Å². The Bertz CT molecular complexity index is 2470. The lowest BCUT2D eigenvalue weighted by molar-refractivity contribution is -0.148. The van der Waals surface area contributed by atoms with Crippen LogP contribution in [0, 0.1) is 11.8 Å². The summed E-state index contributed by atoms with van der Waals surface area (Å²) >= 11 is 6.73. The summed E-state index contributed by atoms with van der Waals surface area (Å²) in [6.45, 7) is 12.2. The van der Waals surface area contributed by atoms with Gasteiger partial charge < -0.3 is 50.2 Å². The minimum atomic E-state index is -0.943. The number of oxime groups is 1. The van der Waals surface area contributed by atoms with E-state index in [-0.39, 0.29) is 59.5 Å². The molecule has 17 nitrogen and oxygen atoms in total. The summed E-state index contributed by atoms with van der Waals surface area (Å²) in [5, 5.41) is 31.3. The average molecular weight is 1070 g/mol. The molecule has 2 heterocycles. The molecule has 4 atom stereocenters. The number of nitrogens with one attached hydrogen (secondary N) is 2. The molecule has 0 bridgehead atoms. The third kappa shape index (κ3) is 15.7. The maximum atomic E-state index is 11.9. The first-order chi connectivity index (χ1) is 32.6. The standard InChI is InChI=1S/C24H27BrN4O4.C15H21N3O3.C10H11BrO3/c1-4-31-24(30)16-7-10-19(11-16)27-18-8-5-15(6-9-18)21-28-22(33-29-21)17-12-20(25)23(26-13-17)32-14(2)3;1-2-21-15(19)11-5-8-13(9-11)17-12-6-3-10(4-7-12)14(16)18-20;1-6(2)14-9-4-3-7(10(12)13)5-8(9)11/h5-6,8-9,12-14,16,19,27H,4,7,10-11H2,1-3H3;3-4,6-7,11,13,17,20H,2,5,8-9H2,1H3,(H2,16,18);3-6H,1-2H3,(H,12,13)/t16-,19+;11-,13+;/m11./s1. The predicted molar refractivity (Wildman–Crippen MR) is 265 cm³/mol. The van der Waals surface area contributed by atoms with E-state index in [0.29, 0.717) is 52.2 Å². The first-order valence-corrected chi connectivity index (χ1v) is 24.1. The molecule has 2 aliphatic rings. The lowest BCUT2D eigenvalue weighted by Crippen LogP contribution is -2.19. The van der Waals surface area contributed by atoms with Crippen LogP contribution in [0.3, 0.4) is 0 Å². The molecular weight excluding hydrogens is 1010 g/mol. The molecule has 3 aromatic carbocycles. The lowest BCUT2D eigenvalue weighted by Gasteiger charge is -2.14. The van der Waals surface area contributed by atoms with Gasteiger partial charge >= 0.3 is 17.9 Å². The van der Waals surface area contributed by atoms with E-state index in [1.54, 1.807) is 24.4 Å². The molecule has 68 heavy (non-hydrogen) atoms. The maximum absolute atomic E-state index is 11.9. The van der Waals surface area contributed by atoms with Gasteiger partial charge in [0.1, 0.15) is 5.75 Å². The van der Waals surface area contributed by atoms with Gasteiger partial charge in [-0.05, 0) is 185 Å². The van der Waals surface area contributed by atoms with Gasteiger partial charge in [0.25, 0.3) is 5.89 Å². The van der Waals surface area contributed by atoms with E-state index in [4.69, 9.17) is 39.5 Å². The Morgan fingerprint density at radius 1 is 0.765 bits per heavy atom. The van der Waals surface area contributed by atoms with Crippen LogP contribution < -0.4 is 25.8 Å². The third-order valence-corrected chi connectivity index (χ3v) is 11.8. The van der Waals surface area contributed by atoms with Crippen molar-refractivity contribution in [3.63, 3.8) is 0 Å². The second-order valence-corrected chi connectivity index (χ2v) is 18.3. The Labute approximate surface area is 412 Å². The van der Waals surface area contributed by atoms with E-state index in [9.17, 15) is 14.4 Å². The summed E-state index contributed by atoms with van der Waals surface area (Å²) < 4.78 is 28.1. The number of carboxylic acid groups (broad SMARTS) is 1. The van der Waals surface area contributed by atoms with Gasteiger partial charge in [-0.25, -0.2) is 9.78 Å². The molecule has 6 N–H and O–H groups in total. The number of carbonyl (C=O) groups excluding carboxylic acids is 2. The molecule has 0 aliphatic heterocycles. The smallest absolute Gasteiger partial charge is 0.335 e. The molecule has 0 radical (unpaired) electrons. The fourth-order valence-electron chi connectivity index (χ4n) is 7.45. The van der Waals surface area contributed by atoms with E-state index in [0.717, 1.165) is 59.9 Å². The van der Waals surface area contributed by atoms with Crippen LogP contribution in [0.15, 0.2) is 97.6 Å². The van der Waals surface area contributed by atoms with Crippen LogP contribution in [-0.4, -0.2) is 86.7 Å². The number of pyridine rings is 1. The number of hydrogen-bond acceptors (Lipinski definition) is 15. The van der Waals surface area contributed by atoms with Gasteiger partial charge in [-0.1, -0.05) is 10.3 Å². The average Bonchev–Trinajstić information content (AvgIpc) is 4.11. The van der Waals surface area contributed by atoms with Crippen molar-refractivity contribution in [3.8, 4) is 34.5 Å². The second-order valence-electron chi connectivity index (χ2n) is 16.6. The van der Waals surface area contributed by atoms with Crippen LogP contribution in [0.1, 0.15) is 96.0 Å². The van der Waals surface area contributed by atoms with Crippen LogP contribution in [-0.2, 0) is 19.1 Å². The van der Waals surface area contributed by atoms with Gasteiger partial charge in [0.15, 0.2) is 5.84 Å². The Kier molecular flexibility index (Phi) is 20.0. The largest absolute Gasteiger partial charge is 0.490 e. The van der Waals surface area contributed by atoms with E-state index in [2.05, 4.69) is 62.8 Å². The number of carboxylic acids is 1. The minimum absolute atomic E-state index is 0.00103. The number of aromatic carboxylic acids is 1. The van der Waals surface area contributed by atoms with Crippen molar-refractivity contribution in [2.45, 2.75) is 104 Å². The molecule has 7 rings (SSSR count). The minimum Gasteiger partial charge on any atom is -0.490 e. The Hall–Kier alpha value is -6.21. The summed E-state index contributed by atoms with van der Waals surface area (Å²) in [4.78, 5) is 43.1. The van der Waals surface area contributed by atoms with E-state index >= 15 is 0 Å². The van der Waals surface area contributed by atoms with Crippen LogP contribution in [0.25, 0.3) is 22.8 Å². The highest BCUT2D eigenvalue weighted by Gasteiger charge is 2.32. The summed E-state index contributed by atoms with van der Waals surface area (Å²) in [5.41, 5.74) is 9.92. The summed E-state index contributed by atoms with van der Waals surface area (Å²) in [6, 6.07) is 22.3. The van der Waals surface area contributed by atoms with E-state index < -0.39 is 5.97 Å². The number of ether oxygens (including phenoxy) is 4.